The van der Waals surface area contributed by atoms with Gasteiger partial charge in [-0.25, -0.2) is 0 Å². The molecule has 13 N–H and O–H groups in total. The third-order valence-corrected chi connectivity index (χ3v) is 4.96. The number of hydrogen-bond donors (Lipinski definition) is 9. The van der Waals surface area contributed by atoms with Gasteiger partial charge in [0.1, 0.15) is 17.8 Å². The van der Waals surface area contributed by atoms with Gasteiger partial charge in [0.2, 0.25) is 17.7 Å². The molecule has 0 heterocycles. The molecule has 0 aliphatic heterocycles. The molecule has 1 aromatic carbocycles. The molecule has 0 saturated carbocycles. The molecule has 0 bridgehead atoms. The van der Waals surface area contributed by atoms with Crippen molar-refractivity contribution < 1.29 is 19.5 Å². The minimum atomic E-state index is -1.02. The van der Waals surface area contributed by atoms with E-state index in [1.54, 1.807) is 12.1 Å². The molecule has 0 aliphatic carbocycles. The number of amides is 3. The first-order chi connectivity index (χ1) is 15.6. The molecule has 0 unspecified atom stereocenters. The fraction of sp³-hybridized carbons (Fsp3) is 0.524. The van der Waals surface area contributed by atoms with E-state index in [1.807, 2.05) is 0 Å². The smallest absolute Gasteiger partial charge is 0.243 e. The van der Waals surface area contributed by atoms with Gasteiger partial charge in [0.05, 0.1) is 6.04 Å². The summed E-state index contributed by atoms with van der Waals surface area (Å²) in [6, 6.07) is 3.38. The zero-order chi connectivity index (χ0) is 24.8. The molecule has 0 aromatic heterocycles. The van der Waals surface area contributed by atoms with E-state index >= 15 is 0 Å². The molecule has 12 nitrogen and oxygen atoms in total. The topological polar surface area (TPSA) is 235 Å². The van der Waals surface area contributed by atoms with Crippen LogP contribution in [0, 0.1) is 5.41 Å². The molecule has 0 radical (unpaired) electrons. The highest BCUT2D eigenvalue weighted by Crippen LogP contribution is 2.12. The number of primary amides is 1. The van der Waals surface area contributed by atoms with E-state index in [0.717, 1.165) is 6.42 Å². The van der Waals surface area contributed by atoms with E-state index in [4.69, 9.17) is 28.3 Å². The first kappa shape index (κ1) is 27.7. The first-order valence-electron chi connectivity index (χ1n) is 10.9. The van der Waals surface area contributed by atoms with Gasteiger partial charge >= 0.3 is 0 Å². The van der Waals surface area contributed by atoms with E-state index in [2.05, 4.69) is 16.0 Å². The molecule has 0 aliphatic rings. The van der Waals surface area contributed by atoms with Crippen molar-refractivity contribution in [2.24, 2.45) is 22.9 Å². The van der Waals surface area contributed by atoms with Crippen molar-refractivity contribution in [3.05, 3.63) is 29.8 Å². The molecule has 0 saturated heterocycles. The lowest BCUT2D eigenvalue weighted by atomic mass is 10.0. The number of rotatable bonds is 15. The second-order valence-electron chi connectivity index (χ2n) is 7.77. The molecule has 1 rings (SSSR count). The Kier molecular flexibility index (Phi) is 12.3. The number of benzene rings is 1. The lowest BCUT2D eigenvalue weighted by Gasteiger charge is -2.23. The average Bonchev–Trinajstić information content (AvgIpc) is 2.76. The number of carbonyl (C=O) groups excluding carboxylic acids is 3. The number of nitrogens with two attached hydrogens (primary N) is 4. The maximum absolute atomic E-state index is 12.9. The Labute approximate surface area is 193 Å². The van der Waals surface area contributed by atoms with Crippen LogP contribution in [-0.4, -0.2) is 60.0 Å². The van der Waals surface area contributed by atoms with Gasteiger partial charge in [-0.05, 0) is 49.9 Å². The number of carbonyl (C=O) groups is 3. The fourth-order valence-corrected chi connectivity index (χ4v) is 3.08. The van der Waals surface area contributed by atoms with Crippen LogP contribution in [-0.2, 0) is 20.8 Å². The van der Waals surface area contributed by atoms with Gasteiger partial charge in [-0.2, -0.15) is 0 Å². The van der Waals surface area contributed by atoms with Crippen molar-refractivity contribution in [1.29, 1.82) is 5.41 Å². The maximum Gasteiger partial charge on any atom is 0.243 e. The summed E-state index contributed by atoms with van der Waals surface area (Å²) in [6.07, 6.45) is 2.60. The Morgan fingerprint density at radius 2 is 1.58 bits per heavy atom. The zero-order valence-corrected chi connectivity index (χ0v) is 18.7. The molecule has 33 heavy (non-hydrogen) atoms. The van der Waals surface area contributed by atoms with Crippen LogP contribution < -0.4 is 38.9 Å². The Hall–Kier alpha value is -3.38. The van der Waals surface area contributed by atoms with Crippen LogP contribution in [0.5, 0.6) is 5.75 Å². The van der Waals surface area contributed by atoms with Gasteiger partial charge in [-0.15, -0.1) is 0 Å². The number of phenols is 1. The Morgan fingerprint density at radius 3 is 2.15 bits per heavy atom. The highest BCUT2D eigenvalue weighted by Gasteiger charge is 2.27. The summed E-state index contributed by atoms with van der Waals surface area (Å²) < 4.78 is 0. The SMILES string of the molecule is N=C(N)NCCC[C@@H](NC(=O)[C@@H](N)CCCCN)C(=O)N[C@@H](Cc1ccc(O)cc1)C(N)=O. The third kappa shape index (κ3) is 11.2. The number of phenolic OH excluding ortho intramolecular Hbond substituents is 1. The summed E-state index contributed by atoms with van der Waals surface area (Å²) in [7, 11) is 0. The molecule has 0 spiro atoms. The van der Waals surface area contributed by atoms with Gasteiger partial charge in [-0.3, -0.25) is 19.8 Å². The van der Waals surface area contributed by atoms with Crippen molar-refractivity contribution in [1.82, 2.24) is 16.0 Å². The predicted molar refractivity (Wildman–Crippen MR) is 125 cm³/mol. The van der Waals surface area contributed by atoms with Gasteiger partial charge in [0.15, 0.2) is 5.96 Å². The monoisotopic (exact) mass is 464 g/mol. The average molecular weight is 465 g/mol. The van der Waals surface area contributed by atoms with Crippen LogP contribution >= 0.6 is 0 Å². The van der Waals surface area contributed by atoms with E-state index in [-0.39, 0.29) is 24.6 Å². The van der Waals surface area contributed by atoms with Gasteiger partial charge < -0.3 is 44.0 Å². The highest BCUT2D eigenvalue weighted by molar-refractivity contribution is 5.92. The standard InChI is InChI=1S/C21H36N8O4/c22-10-2-1-4-15(23)19(32)28-16(5-3-11-27-21(25)26)20(33)29-17(18(24)31)12-13-6-8-14(30)9-7-13/h6-9,15-17,30H,1-5,10-12,22-23H2,(H2,24,31)(H,28,32)(H,29,33)(H4,25,26,27)/t15-,16+,17-/m0/s1. The quantitative estimate of drug-likeness (QED) is 0.0806. The van der Waals surface area contributed by atoms with Crippen LogP contribution in [0.3, 0.4) is 0 Å². The normalized spacial score (nSPS) is 13.4. The first-order valence-corrected chi connectivity index (χ1v) is 10.9. The van der Waals surface area contributed by atoms with E-state index in [1.165, 1.54) is 12.1 Å². The fourth-order valence-electron chi connectivity index (χ4n) is 3.08. The lowest BCUT2D eigenvalue weighted by molar-refractivity contribution is -0.132. The highest BCUT2D eigenvalue weighted by atomic mass is 16.3. The summed E-state index contributed by atoms with van der Waals surface area (Å²) in [5, 5.41) is 24.5. The largest absolute Gasteiger partial charge is 0.508 e. The minimum absolute atomic E-state index is 0.0724. The number of unbranched alkanes of at least 4 members (excludes halogenated alkanes) is 1. The second-order valence-corrected chi connectivity index (χ2v) is 7.77. The van der Waals surface area contributed by atoms with Crippen LogP contribution in [0.15, 0.2) is 24.3 Å². The number of nitrogens with one attached hydrogen (secondary N) is 4. The Morgan fingerprint density at radius 1 is 0.939 bits per heavy atom. The molecule has 1 aromatic rings. The van der Waals surface area contributed by atoms with Crippen molar-refractivity contribution in [3.63, 3.8) is 0 Å². The lowest BCUT2D eigenvalue weighted by Crippen LogP contribution is -2.55. The Balaban J connectivity index is 2.83. The number of guanidine groups is 1. The number of aromatic hydroxyl groups is 1. The number of hydrogen-bond acceptors (Lipinski definition) is 7. The third-order valence-electron chi connectivity index (χ3n) is 4.96. The van der Waals surface area contributed by atoms with Crippen molar-refractivity contribution in [2.45, 2.75) is 56.7 Å². The molecular formula is C21H36N8O4. The minimum Gasteiger partial charge on any atom is -0.508 e. The molecule has 0 fully saturated rings. The summed E-state index contributed by atoms with van der Waals surface area (Å²) in [6.45, 7) is 0.822. The van der Waals surface area contributed by atoms with Crippen molar-refractivity contribution in [3.8, 4) is 5.75 Å². The van der Waals surface area contributed by atoms with Crippen molar-refractivity contribution in [2.75, 3.05) is 13.1 Å². The summed E-state index contributed by atoms with van der Waals surface area (Å²) >= 11 is 0. The Bertz CT molecular complexity index is 787. The summed E-state index contributed by atoms with van der Waals surface area (Å²) in [4.78, 5) is 37.4. The van der Waals surface area contributed by atoms with Crippen LogP contribution in [0.4, 0.5) is 0 Å². The van der Waals surface area contributed by atoms with Gasteiger partial charge in [0.25, 0.3) is 0 Å². The second kappa shape index (κ2) is 14.6. The molecule has 12 heteroatoms. The predicted octanol–water partition coefficient (Wildman–Crippen LogP) is -1.89. The molecule has 184 valence electrons. The van der Waals surface area contributed by atoms with Crippen LogP contribution in [0.2, 0.25) is 0 Å². The maximum atomic E-state index is 12.9. The van der Waals surface area contributed by atoms with Crippen LogP contribution in [0.25, 0.3) is 0 Å². The summed E-state index contributed by atoms with van der Waals surface area (Å²) in [5.74, 6) is -1.94. The molecule has 3 amide bonds. The van der Waals surface area contributed by atoms with Gasteiger partial charge in [0, 0.05) is 13.0 Å². The zero-order valence-electron chi connectivity index (χ0n) is 18.7. The van der Waals surface area contributed by atoms with E-state index in [9.17, 15) is 19.5 Å². The molecular weight excluding hydrogens is 428 g/mol. The van der Waals surface area contributed by atoms with Crippen molar-refractivity contribution >= 4 is 23.7 Å². The van der Waals surface area contributed by atoms with E-state index in [0.29, 0.717) is 37.9 Å². The van der Waals surface area contributed by atoms with Gasteiger partial charge in [-0.1, -0.05) is 18.6 Å². The van der Waals surface area contributed by atoms with E-state index < -0.39 is 35.8 Å². The summed E-state index contributed by atoms with van der Waals surface area (Å²) in [5.41, 5.74) is 22.8. The van der Waals surface area contributed by atoms with Crippen LogP contribution in [0.1, 0.15) is 37.7 Å². The molecule has 3 atom stereocenters.